The number of amides is 4. The van der Waals surface area contributed by atoms with Gasteiger partial charge in [-0.25, -0.2) is 4.39 Å². The highest BCUT2D eigenvalue weighted by Crippen LogP contribution is 2.35. The molecule has 3 aromatic rings. The van der Waals surface area contributed by atoms with E-state index in [0.29, 0.717) is 35.5 Å². The number of halogens is 1. The van der Waals surface area contributed by atoms with Crippen LogP contribution in [-0.2, 0) is 16.1 Å². The van der Waals surface area contributed by atoms with Crippen molar-refractivity contribution in [1.82, 2.24) is 24.9 Å². The minimum atomic E-state index is -0.957. The van der Waals surface area contributed by atoms with E-state index in [2.05, 4.69) is 68.2 Å². The lowest BCUT2D eigenvalue weighted by molar-refractivity contribution is -0.136. The summed E-state index contributed by atoms with van der Waals surface area (Å²) in [6.45, 7) is 11.3. The zero-order valence-corrected chi connectivity index (χ0v) is 32.2. The van der Waals surface area contributed by atoms with E-state index < -0.39 is 23.8 Å². The van der Waals surface area contributed by atoms with E-state index in [1.54, 1.807) is 24.3 Å². The van der Waals surface area contributed by atoms with E-state index in [0.717, 1.165) is 93.5 Å². The van der Waals surface area contributed by atoms with Crippen LogP contribution in [-0.4, -0.2) is 128 Å². The van der Waals surface area contributed by atoms with Crippen molar-refractivity contribution < 1.29 is 23.6 Å². The summed E-state index contributed by atoms with van der Waals surface area (Å²) >= 11 is 0. The van der Waals surface area contributed by atoms with Gasteiger partial charge in [-0.15, -0.1) is 0 Å². The number of carbonyl (C=O) groups excluding carboxylic acids is 4. The second-order valence-corrected chi connectivity index (χ2v) is 16.4. The number of nitrogens with one attached hydrogen (secondary N) is 1. The Kier molecular flexibility index (Phi) is 10.5. The van der Waals surface area contributed by atoms with Gasteiger partial charge in [0.05, 0.1) is 11.1 Å². The summed E-state index contributed by atoms with van der Waals surface area (Å²) in [5.41, 5.74) is 5.99. The first kappa shape index (κ1) is 37.3. The minimum absolute atomic E-state index is 0.104. The second kappa shape index (κ2) is 15.5. The van der Waals surface area contributed by atoms with Crippen LogP contribution in [0.5, 0.6) is 0 Å². The van der Waals surface area contributed by atoms with E-state index in [1.165, 1.54) is 11.3 Å². The van der Waals surface area contributed by atoms with Crippen LogP contribution in [0.3, 0.4) is 0 Å². The topological polar surface area (TPSA) is 99.7 Å². The summed E-state index contributed by atoms with van der Waals surface area (Å²) in [6.07, 6.45) is 2.37. The quantitative estimate of drug-likeness (QED) is 0.325. The molecule has 5 heterocycles. The molecule has 290 valence electrons. The number of fused-ring (bicyclic) bond motifs is 1. The minimum Gasteiger partial charge on any atom is -0.371 e. The Balaban J connectivity index is 0.811. The number of imide groups is 2. The van der Waals surface area contributed by atoms with Crippen LogP contribution in [0.4, 0.5) is 15.8 Å². The maximum atomic E-state index is 14.7. The van der Waals surface area contributed by atoms with Crippen molar-refractivity contribution in [2.45, 2.75) is 57.2 Å². The lowest BCUT2D eigenvalue weighted by atomic mass is 9.93. The fraction of sp³-hybridized carbons (Fsp3) is 0.488. The average Bonchev–Trinajstić information content (AvgIpc) is 3.72. The van der Waals surface area contributed by atoms with Crippen LogP contribution in [0.25, 0.3) is 0 Å². The molecule has 0 bridgehead atoms. The van der Waals surface area contributed by atoms with Crippen LogP contribution in [0.15, 0.2) is 60.7 Å². The molecule has 0 saturated carbocycles. The first-order valence-corrected chi connectivity index (χ1v) is 19.8. The molecule has 55 heavy (non-hydrogen) atoms. The Morgan fingerprint density at radius 2 is 1.45 bits per heavy atom. The summed E-state index contributed by atoms with van der Waals surface area (Å²) in [7, 11) is 4.30. The molecule has 3 aromatic carbocycles. The highest BCUT2D eigenvalue weighted by molar-refractivity contribution is 6.23. The number of aryl methyl sites for hydroxylation is 1. The third kappa shape index (κ3) is 7.51. The zero-order valence-electron chi connectivity index (χ0n) is 32.2. The third-order valence-electron chi connectivity index (χ3n) is 12.7. The monoisotopic (exact) mass is 749 g/mol. The molecule has 0 spiro atoms. The first-order valence-electron chi connectivity index (χ1n) is 19.8. The molecule has 4 saturated heterocycles. The highest BCUT2D eigenvalue weighted by Gasteiger charge is 2.45. The SMILES string of the molecule is Cc1cccc(F)c1CN1C[C@H](c2ccc(N3CCN(CC4CCN(c5ccc6c(c5)C(=O)N(C5CCC(=O)NC5=O)C6=O)CC4)CC3)cc2)[C@@H](N(C)C)C1. The van der Waals surface area contributed by atoms with Gasteiger partial charge in [-0.05, 0) is 93.7 Å². The maximum absolute atomic E-state index is 14.7. The number of rotatable bonds is 9. The predicted molar refractivity (Wildman–Crippen MR) is 210 cm³/mol. The number of hydrogen-bond donors (Lipinski definition) is 1. The van der Waals surface area contributed by atoms with Gasteiger partial charge in [-0.1, -0.05) is 24.3 Å². The number of hydrogen-bond acceptors (Lipinski definition) is 9. The molecule has 3 atom stereocenters. The van der Waals surface area contributed by atoms with Gasteiger partial charge < -0.3 is 14.7 Å². The molecule has 5 aliphatic heterocycles. The van der Waals surface area contributed by atoms with Gasteiger partial charge in [0, 0.05) is 101 Å². The van der Waals surface area contributed by atoms with Crippen molar-refractivity contribution in [2.75, 3.05) is 82.8 Å². The maximum Gasteiger partial charge on any atom is 0.262 e. The Morgan fingerprint density at radius 1 is 0.764 bits per heavy atom. The van der Waals surface area contributed by atoms with Gasteiger partial charge in [0.15, 0.2) is 0 Å². The number of piperidine rings is 2. The van der Waals surface area contributed by atoms with Crippen LogP contribution >= 0.6 is 0 Å². The Hall–Kier alpha value is -4.65. The second-order valence-electron chi connectivity index (χ2n) is 16.4. The fourth-order valence-electron chi connectivity index (χ4n) is 9.45. The molecule has 8 rings (SSSR count). The summed E-state index contributed by atoms with van der Waals surface area (Å²) in [4.78, 5) is 63.7. The van der Waals surface area contributed by atoms with Crippen molar-refractivity contribution in [1.29, 1.82) is 0 Å². The number of likely N-dealkylation sites (tertiary alicyclic amines) is 1. The predicted octanol–water partition coefficient (Wildman–Crippen LogP) is 4.10. The Labute approximate surface area is 323 Å². The number of benzene rings is 3. The average molecular weight is 750 g/mol. The van der Waals surface area contributed by atoms with Gasteiger partial charge in [0.2, 0.25) is 11.8 Å². The largest absolute Gasteiger partial charge is 0.371 e. The molecule has 0 radical (unpaired) electrons. The van der Waals surface area contributed by atoms with Gasteiger partial charge in [-0.3, -0.25) is 39.2 Å². The molecule has 4 fully saturated rings. The molecular formula is C43H52FN7O4. The first-order chi connectivity index (χ1) is 26.5. The number of piperazine rings is 1. The van der Waals surface area contributed by atoms with Gasteiger partial charge in [-0.2, -0.15) is 0 Å². The van der Waals surface area contributed by atoms with Crippen molar-refractivity contribution >= 4 is 35.0 Å². The van der Waals surface area contributed by atoms with Crippen LogP contribution in [0.2, 0.25) is 0 Å². The summed E-state index contributed by atoms with van der Waals surface area (Å²) in [6, 6.07) is 19.3. The lowest BCUT2D eigenvalue weighted by Gasteiger charge is -2.40. The number of nitrogens with zero attached hydrogens (tertiary/aromatic N) is 6. The number of likely N-dealkylation sites (N-methyl/N-ethyl adjacent to an activating group) is 1. The molecule has 1 unspecified atom stereocenters. The molecule has 5 aliphatic rings. The van der Waals surface area contributed by atoms with Crippen molar-refractivity contribution in [3.63, 3.8) is 0 Å². The standard InChI is InChI=1S/C43H52FN7O4/c1-28-5-4-6-37(44)35(28)25-48-26-36(39(27-48)46(2)3)30-7-9-31(10-8-30)50-21-19-47(20-22-50)24-29-15-17-49(18-16-29)32-11-12-33-34(23-32)43(55)51(42(33)54)38-13-14-40(52)45-41(38)53/h4-12,23,29,36,38-39H,13-22,24-27H2,1-3H3,(H,45,52,53)/t36-,38?,39+/m1/s1. The summed E-state index contributed by atoms with van der Waals surface area (Å²) < 4.78 is 14.7. The third-order valence-corrected chi connectivity index (χ3v) is 12.7. The number of carbonyl (C=O) groups is 4. The lowest BCUT2D eigenvalue weighted by Crippen LogP contribution is -2.54. The van der Waals surface area contributed by atoms with E-state index >= 15 is 0 Å². The molecular weight excluding hydrogens is 698 g/mol. The smallest absolute Gasteiger partial charge is 0.262 e. The van der Waals surface area contributed by atoms with Crippen LogP contribution in [0, 0.1) is 18.7 Å². The molecule has 0 aromatic heterocycles. The molecule has 12 heteroatoms. The Bertz CT molecular complexity index is 1930. The van der Waals surface area contributed by atoms with Gasteiger partial charge in [0.1, 0.15) is 11.9 Å². The van der Waals surface area contributed by atoms with E-state index in [-0.39, 0.29) is 24.6 Å². The summed E-state index contributed by atoms with van der Waals surface area (Å²) in [5.74, 6) is -1.06. The summed E-state index contributed by atoms with van der Waals surface area (Å²) in [5, 5.41) is 2.25. The van der Waals surface area contributed by atoms with Gasteiger partial charge in [0.25, 0.3) is 11.8 Å². The normalized spacial score (nSPS) is 24.3. The molecule has 0 aliphatic carbocycles. The van der Waals surface area contributed by atoms with Crippen molar-refractivity contribution in [2.24, 2.45) is 5.92 Å². The van der Waals surface area contributed by atoms with Crippen LogP contribution < -0.4 is 15.1 Å². The molecule has 4 amide bonds. The highest BCUT2D eigenvalue weighted by atomic mass is 19.1. The molecule has 11 nitrogen and oxygen atoms in total. The fourth-order valence-corrected chi connectivity index (χ4v) is 9.45. The van der Waals surface area contributed by atoms with Crippen molar-refractivity contribution in [3.05, 3.63) is 94.3 Å². The zero-order chi connectivity index (χ0) is 38.4. The van der Waals surface area contributed by atoms with E-state index in [1.807, 2.05) is 19.1 Å². The van der Waals surface area contributed by atoms with E-state index in [9.17, 15) is 23.6 Å². The van der Waals surface area contributed by atoms with Gasteiger partial charge >= 0.3 is 0 Å². The molecule has 1 N–H and O–H groups in total. The Morgan fingerprint density at radius 3 is 2.15 bits per heavy atom. The van der Waals surface area contributed by atoms with E-state index in [4.69, 9.17) is 0 Å². The number of anilines is 2. The van der Waals surface area contributed by atoms with Crippen LogP contribution in [0.1, 0.15) is 69.0 Å². The van der Waals surface area contributed by atoms with Crippen molar-refractivity contribution in [3.8, 4) is 0 Å².